The van der Waals surface area contributed by atoms with Crippen LogP contribution in [0.1, 0.15) is 21.6 Å². The van der Waals surface area contributed by atoms with E-state index in [0.717, 1.165) is 11.3 Å². The van der Waals surface area contributed by atoms with Gasteiger partial charge in [0.1, 0.15) is 5.03 Å². The molecule has 0 amide bonds. The lowest BCUT2D eigenvalue weighted by Crippen LogP contribution is -2.30. The Morgan fingerprint density at radius 2 is 2.25 bits per heavy atom. The lowest BCUT2D eigenvalue weighted by molar-refractivity contribution is 0.0454. The second kappa shape index (κ2) is 4.43. The molecule has 0 atom stereocenters. The van der Waals surface area contributed by atoms with Crippen LogP contribution in [0.15, 0.2) is 11.1 Å². The topological polar surface area (TPSA) is 59.4 Å². The van der Waals surface area contributed by atoms with Gasteiger partial charge in [-0.1, -0.05) is 11.8 Å². The van der Waals surface area contributed by atoms with Crippen LogP contribution >= 0.6 is 11.8 Å². The quantitative estimate of drug-likeness (QED) is 0.872. The molecule has 1 saturated heterocycles. The SMILES string of the molecule is Cc1cc(C)c(C(=O)O)c(SC2COC2)n1. The molecule has 0 radical (unpaired) electrons. The molecule has 86 valence electrons. The lowest BCUT2D eigenvalue weighted by Gasteiger charge is -2.25. The molecule has 1 aromatic rings. The van der Waals surface area contributed by atoms with Gasteiger partial charge in [0.05, 0.1) is 24.0 Å². The molecule has 0 bridgehead atoms. The molecule has 1 aliphatic heterocycles. The standard InChI is InChI=1S/C11H13NO3S/c1-6-3-7(2)12-10(9(6)11(13)14)16-8-4-15-5-8/h3,8H,4-5H2,1-2H3,(H,13,14). The number of ether oxygens (including phenoxy) is 1. The molecule has 0 spiro atoms. The number of carbonyl (C=O) groups is 1. The summed E-state index contributed by atoms with van der Waals surface area (Å²) in [6.07, 6.45) is 0. The maximum Gasteiger partial charge on any atom is 0.338 e. The Hall–Kier alpha value is -1.07. The van der Waals surface area contributed by atoms with Crippen molar-refractivity contribution in [3.05, 3.63) is 22.9 Å². The summed E-state index contributed by atoms with van der Waals surface area (Å²) in [5.74, 6) is -0.909. The van der Waals surface area contributed by atoms with E-state index in [-0.39, 0.29) is 0 Å². The number of aryl methyl sites for hydroxylation is 2. The Balaban J connectivity index is 2.35. The molecule has 5 heteroatoms. The number of carboxylic acid groups (broad SMARTS) is 1. The highest BCUT2D eigenvalue weighted by Gasteiger charge is 2.24. The summed E-state index contributed by atoms with van der Waals surface area (Å²) < 4.78 is 5.07. The minimum absolute atomic E-state index is 0.322. The Bertz CT molecular complexity index is 429. The first-order chi connectivity index (χ1) is 7.58. The molecule has 0 aliphatic carbocycles. The molecule has 2 heterocycles. The van der Waals surface area contributed by atoms with Gasteiger partial charge < -0.3 is 9.84 Å². The van der Waals surface area contributed by atoms with Gasteiger partial charge in [-0.3, -0.25) is 0 Å². The Kier molecular flexibility index (Phi) is 3.16. The average Bonchev–Trinajstić information content (AvgIpc) is 2.09. The largest absolute Gasteiger partial charge is 0.478 e. The first-order valence-electron chi connectivity index (χ1n) is 5.04. The Labute approximate surface area is 98.0 Å². The fourth-order valence-corrected chi connectivity index (χ4v) is 2.80. The summed E-state index contributed by atoms with van der Waals surface area (Å²) in [7, 11) is 0. The summed E-state index contributed by atoms with van der Waals surface area (Å²) in [4.78, 5) is 15.5. The van der Waals surface area contributed by atoms with Gasteiger partial charge in [-0.25, -0.2) is 9.78 Å². The zero-order valence-corrected chi connectivity index (χ0v) is 10.0. The maximum atomic E-state index is 11.2. The van der Waals surface area contributed by atoms with E-state index in [0.29, 0.717) is 29.1 Å². The van der Waals surface area contributed by atoms with Gasteiger partial charge >= 0.3 is 5.97 Å². The number of nitrogens with zero attached hydrogens (tertiary/aromatic N) is 1. The van der Waals surface area contributed by atoms with Gasteiger partial charge in [0.2, 0.25) is 0 Å². The normalized spacial score (nSPS) is 15.9. The third kappa shape index (κ3) is 2.20. The first-order valence-corrected chi connectivity index (χ1v) is 5.92. The second-order valence-electron chi connectivity index (χ2n) is 3.84. The van der Waals surface area contributed by atoms with E-state index in [1.807, 2.05) is 6.92 Å². The van der Waals surface area contributed by atoms with E-state index in [9.17, 15) is 4.79 Å². The molecule has 2 rings (SSSR count). The summed E-state index contributed by atoms with van der Waals surface area (Å²) in [5.41, 5.74) is 1.94. The number of carboxylic acids is 1. The average molecular weight is 239 g/mol. The highest BCUT2D eigenvalue weighted by atomic mass is 32.2. The van der Waals surface area contributed by atoms with Gasteiger partial charge in [0.15, 0.2) is 0 Å². The summed E-state index contributed by atoms with van der Waals surface area (Å²) in [6.45, 7) is 5.04. The van der Waals surface area contributed by atoms with Gasteiger partial charge in [-0.2, -0.15) is 0 Å². The third-order valence-corrected chi connectivity index (χ3v) is 3.54. The van der Waals surface area contributed by atoms with Crippen LogP contribution in [0.25, 0.3) is 0 Å². The van der Waals surface area contributed by atoms with Crippen LogP contribution in [0.4, 0.5) is 0 Å². The molecule has 0 unspecified atom stereocenters. The highest BCUT2D eigenvalue weighted by molar-refractivity contribution is 8.00. The highest BCUT2D eigenvalue weighted by Crippen LogP contribution is 2.30. The van der Waals surface area contributed by atoms with E-state index in [2.05, 4.69) is 4.98 Å². The first kappa shape index (κ1) is 11.4. The van der Waals surface area contributed by atoms with Crippen molar-refractivity contribution in [2.75, 3.05) is 13.2 Å². The predicted molar refractivity (Wildman–Crippen MR) is 61.1 cm³/mol. The van der Waals surface area contributed by atoms with Gasteiger partial charge in [0, 0.05) is 5.69 Å². The Morgan fingerprint density at radius 3 is 2.75 bits per heavy atom. The van der Waals surface area contributed by atoms with E-state index in [1.54, 1.807) is 13.0 Å². The van der Waals surface area contributed by atoms with E-state index in [1.165, 1.54) is 11.8 Å². The fourth-order valence-electron chi connectivity index (χ4n) is 1.59. The summed E-state index contributed by atoms with van der Waals surface area (Å²) in [6, 6.07) is 1.80. The van der Waals surface area contributed by atoms with Crippen molar-refractivity contribution in [2.45, 2.75) is 24.1 Å². The van der Waals surface area contributed by atoms with Crippen molar-refractivity contribution in [1.29, 1.82) is 0 Å². The van der Waals surface area contributed by atoms with Crippen LogP contribution in [-0.2, 0) is 4.74 Å². The number of hydrogen-bond acceptors (Lipinski definition) is 4. The molecule has 1 N–H and O–H groups in total. The minimum atomic E-state index is -0.909. The summed E-state index contributed by atoms with van der Waals surface area (Å²) >= 11 is 1.50. The Morgan fingerprint density at radius 1 is 1.56 bits per heavy atom. The monoisotopic (exact) mass is 239 g/mol. The summed E-state index contributed by atoms with van der Waals surface area (Å²) in [5, 5.41) is 10.1. The van der Waals surface area contributed by atoms with E-state index >= 15 is 0 Å². The number of thioether (sulfide) groups is 1. The van der Waals surface area contributed by atoms with Crippen LogP contribution in [0, 0.1) is 13.8 Å². The van der Waals surface area contributed by atoms with Crippen molar-refractivity contribution < 1.29 is 14.6 Å². The predicted octanol–water partition coefficient (Wildman–Crippen LogP) is 1.89. The zero-order chi connectivity index (χ0) is 11.7. The van der Waals surface area contributed by atoms with Crippen LogP contribution in [0.2, 0.25) is 0 Å². The fraction of sp³-hybridized carbons (Fsp3) is 0.455. The molecule has 0 saturated carbocycles. The lowest BCUT2D eigenvalue weighted by atomic mass is 10.1. The van der Waals surface area contributed by atoms with Gasteiger partial charge in [-0.05, 0) is 25.5 Å². The molecular formula is C11H13NO3S. The zero-order valence-electron chi connectivity index (χ0n) is 9.19. The van der Waals surface area contributed by atoms with Crippen molar-refractivity contribution in [3.8, 4) is 0 Å². The number of hydrogen-bond donors (Lipinski definition) is 1. The van der Waals surface area contributed by atoms with Crippen LogP contribution < -0.4 is 0 Å². The second-order valence-corrected chi connectivity index (χ2v) is 5.13. The van der Waals surface area contributed by atoms with Crippen molar-refractivity contribution in [1.82, 2.24) is 4.98 Å². The van der Waals surface area contributed by atoms with E-state index in [4.69, 9.17) is 9.84 Å². The molecule has 1 fully saturated rings. The molecule has 1 aromatic heterocycles. The molecule has 16 heavy (non-hydrogen) atoms. The van der Waals surface area contributed by atoms with Gasteiger partial charge in [0.25, 0.3) is 0 Å². The van der Waals surface area contributed by atoms with Crippen molar-refractivity contribution >= 4 is 17.7 Å². The third-order valence-electron chi connectivity index (χ3n) is 2.41. The van der Waals surface area contributed by atoms with E-state index < -0.39 is 5.97 Å². The number of aromatic nitrogens is 1. The van der Waals surface area contributed by atoms with Crippen molar-refractivity contribution in [2.24, 2.45) is 0 Å². The smallest absolute Gasteiger partial charge is 0.338 e. The van der Waals surface area contributed by atoms with Crippen LogP contribution in [-0.4, -0.2) is 34.5 Å². The van der Waals surface area contributed by atoms with Crippen molar-refractivity contribution in [3.63, 3.8) is 0 Å². The number of pyridine rings is 1. The maximum absolute atomic E-state index is 11.2. The van der Waals surface area contributed by atoms with Crippen LogP contribution in [0.5, 0.6) is 0 Å². The molecule has 0 aromatic carbocycles. The minimum Gasteiger partial charge on any atom is -0.478 e. The molecule has 1 aliphatic rings. The van der Waals surface area contributed by atoms with Crippen LogP contribution in [0.3, 0.4) is 0 Å². The molecular weight excluding hydrogens is 226 g/mol. The van der Waals surface area contributed by atoms with Gasteiger partial charge in [-0.15, -0.1) is 0 Å². The number of rotatable bonds is 3. The number of aromatic carboxylic acids is 1. The molecule has 4 nitrogen and oxygen atoms in total.